The van der Waals surface area contributed by atoms with E-state index in [1.165, 1.54) is 5.56 Å². The zero-order valence-corrected chi connectivity index (χ0v) is 15.5. The number of nitrogens with one attached hydrogen (secondary N) is 1. The molecule has 1 N–H and O–H groups in total. The van der Waals surface area contributed by atoms with Crippen LogP contribution in [0, 0.1) is 0 Å². The molecule has 0 atom stereocenters. The van der Waals surface area contributed by atoms with Crippen LogP contribution >= 0.6 is 11.3 Å². The second-order valence-corrected chi connectivity index (χ2v) is 6.76. The number of carbonyl (C=O) groups excluding carboxylic acids is 1. The molecule has 1 amide bonds. The molecule has 0 saturated carbocycles. The van der Waals surface area contributed by atoms with Gasteiger partial charge in [0.05, 0.1) is 17.8 Å². The molecule has 5 nitrogen and oxygen atoms in total. The Balaban J connectivity index is 1.40. The molecule has 0 unspecified atom stereocenters. The average molecular weight is 367 g/mol. The summed E-state index contributed by atoms with van der Waals surface area (Å²) in [6, 6.07) is 11.8. The molecule has 0 aliphatic carbocycles. The summed E-state index contributed by atoms with van der Waals surface area (Å²) in [6.07, 6.45) is 5.44. The van der Waals surface area contributed by atoms with Crippen LogP contribution in [0.4, 0.5) is 0 Å². The van der Waals surface area contributed by atoms with Crippen LogP contribution in [-0.4, -0.2) is 29.5 Å². The third-order valence-corrected chi connectivity index (χ3v) is 4.88. The number of pyridine rings is 1. The number of methoxy groups -OCH3 is 1. The second kappa shape index (κ2) is 9.10. The Bertz CT molecular complexity index is 832. The van der Waals surface area contributed by atoms with Crippen LogP contribution in [-0.2, 0) is 17.6 Å². The number of thiazole rings is 1. The van der Waals surface area contributed by atoms with E-state index in [0.717, 1.165) is 28.4 Å². The van der Waals surface area contributed by atoms with Gasteiger partial charge in [-0.3, -0.25) is 9.78 Å². The number of benzene rings is 1. The van der Waals surface area contributed by atoms with Crippen LogP contribution in [0.1, 0.15) is 17.0 Å². The van der Waals surface area contributed by atoms with Crippen molar-refractivity contribution in [1.82, 2.24) is 15.3 Å². The van der Waals surface area contributed by atoms with Crippen LogP contribution in [0.5, 0.6) is 5.75 Å². The lowest BCUT2D eigenvalue weighted by Gasteiger charge is -2.06. The fraction of sp³-hybridized carbons (Fsp3) is 0.250. The summed E-state index contributed by atoms with van der Waals surface area (Å²) in [4.78, 5) is 20.7. The maximum Gasteiger partial charge on any atom is 0.220 e. The van der Waals surface area contributed by atoms with E-state index in [1.54, 1.807) is 30.8 Å². The molecular weight excluding hydrogens is 346 g/mol. The summed E-state index contributed by atoms with van der Waals surface area (Å²) in [5, 5.41) is 5.94. The van der Waals surface area contributed by atoms with E-state index < -0.39 is 0 Å². The lowest BCUT2D eigenvalue weighted by molar-refractivity contribution is -0.121. The number of hydrogen-bond acceptors (Lipinski definition) is 5. The van der Waals surface area contributed by atoms with E-state index >= 15 is 0 Å². The molecule has 0 aliphatic rings. The third kappa shape index (κ3) is 5.13. The van der Waals surface area contributed by atoms with Crippen molar-refractivity contribution in [3.05, 3.63) is 64.7 Å². The zero-order valence-electron chi connectivity index (χ0n) is 14.6. The first-order chi connectivity index (χ1) is 12.7. The second-order valence-electron chi connectivity index (χ2n) is 5.82. The van der Waals surface area contributed by atoms with Gasteiger partial charge in [-0.2, -0.15) is 0 Å². The van der Waals surface area contributed by atoms with Crippen molar-refractivity contribution >= 4 is 17.2 Å². The first-order valence-electron chi connectivity index (χ1n) is 8.49. The number of carbonyl (C=O) groups is 1. The van der Waals surface area contributed by atoms with Crippen molar-refractivity contribution in [3.63, 3.8) is 0 Å². The standard InChI is InChI=1S/C20H21N3O2S/c1-25-17-6-4-15(5-7-17)10-12-22-19(24)8-9-20-23-18(14-26-20)16-3-2-11-21-13-16/h2-7,11,13-14H,8-10,12H2,1H3,(H,22,24). The van der Waals surface area contributed by atoms with E-state index in [-0.39, 0.29) is 5.91 Å². The molecular formula is C20H21N3O2S. The van der Waals surface area contributed by atoms with E-state index in [1.807, 2.05) is 41.8 Å². The van der Waals surface area contributed by atoms with Crippen molar-refractivity contribution in [1.29, 1.82) is 0 Å². The SMILES string of the molecule is COc1ccc(CCNC(=O)CCc2nc(-c3cccnc3)cs2)cc1. The van der Waals surface area contributed by atoms with Gasteiger partial charge in [0.15, 0.2) is 0 Å². The summed E-state index contributed by atoms with van der Waals surface area (Å²) < 4.78 is 5.14. The van der Waals surface area contributed by atoms with Crippen LogP contribution < -0.4 is 10.1 Å². The Kier molecular flexibility index (Phi) is 6.33. The average Bonchev–Trinajstić information content (AvgIpc) is 3.17. The fourth-order valence-corrected chi connectivity index (χ4v) is 3.33. The number of hydrogen-bond donors (Lipinski definition) is 1. The summed E-state index contributed by atoms with van der Waals surface area (Å²) >= 11 is 1.58. The summed E-state index contributed by atoms with van der Waals surface area (Å²) in [6.45, 7) is 0.629. The predicted octanol–water partition coefficient (Wildman–Crippen LogP) is 3.51. The number of aromatic nitrogens is 2. The van der Waals surface area contributed by atoms with Crippen molar-refractivity contribution in [2.24, 2.45) is 0 Å². The zero-order chi connectivity index (χ0) is 18.2. The largest absolute Gasteiger partial charge is 0.497 e. The van der Waals surface area contributed by atoms with E-state index in [4.69, 9.17) is 4.74 Å². The molecule has 134 valence electrons. The minimum absolute atomic E-state index is 0.0524. The van der Waals surface area contributed by atoms with Gasteiger partial charge >= 0.3 is 0 Å². The Morgan fingerprint density at radius 2 is 2.04 bits per heavy atom. The Labute approximate surface area is 157 Å². The first-order valence-corrected chi connectivity index (χ1v) is 9.37. The van der Waals surface area contributed by atoms with Gasteiger partial charge in [-0.15, -0.1) is 11.3 Å². The van der Waals surface area contributed by atoms with Crippen LogP contribution in [0.25, 0.3) is 11.3 Å². The van der Waals surface area contributed by atoms with Crippen LogP contribution in [0.3, 0.4) is 0 Å². The molecule has 0 bridgehead atoms. The van der Waals surface area contributed by atoms with E-state index in [2.05, 4.69) is 15.3 Å². The van der Waals surface area contributed by atoms with Crippen molar-refractivity contribution in [2.45, 2.75) is 19.3 Å². The van der Waals surface area contributed by atoms with Crippen molar-refractivity contribution in [2.75, 3.05) is 13.7 Å². The van der Waals surface area contributed by atoms with E-state index in [0.29, 0.717) is 19.4 Å². The maximum absolute atomic E-state index is 12.0. The minimum Gasteiger partial charge on any atom is -0.497 e. The molecule has 0 fully saturated rings. The minimum atomic E-state index is 0.0524. The topological polar surface area (TPSA) is 64.1 Å². The van der Waals surface area contributed by atoms with Gasteiger partial charge < -0.3 is 10.1 Å². The van der Waals surface area contributed by atoms with Crippen molar-refractivity contribution in [3.8, 4) is 17.0 Å². The van der Waals surface area contributed by atoms with Gasteiger partial charge in [0.2, 0.25) is 5.91 Å². The number of aryl methyl sites for hydroxylation is 1. The van der Waals surface area contributed by atoms with E-state index in [9.17, 15) is 4.79 Å². The lowest BCUT2D eigenvalue weighted by Crippen LogP contribution is -2.25. The summed E-state index contributed by atoms with van der Waals surface area (Å²) in [7, 11) is 1.65. The molecule has 0 radical (unpaired) electrons. The highest BCUT2D eigenvalue weighted by molar-refractivity contribution is 7.09. The van der Waals surface area contributed by atoms with Gasteiger partial charge in [0, 0.05) is 42.7 Å². The number of amides is 1. The lowest BCUT2D eigenvalue weighted by atomic mass is 10.1. The van der Waals surface area contributed by atoms with Crippen LogP contribution in [0.15, 0.2) is 54.2 Å². The van der Waals surface area contributed by atoms with Gasteiger partial charge in [0.1, 0.15) is 5.75 Å². The molecule has 0 aliphatic heterocycles. The Morgan fingerprint density at radius 1 is 1.19 bits per heavy atom. The quantitative estimate of drug-likeness (QED) is 0.662. The predicted molar refractivity (Wildman–Crippen MR) is 103 cm³/mol. The van der Waals surface area contributed by atoms with Crippen LogP contribution in [0.2, 0.25) is 0 Å². The first kappa shape index (κ1) is 18.1. The monoisotopic (exact) mass is 367 g/mol. The maximum atomic E-state index is 12.0. The molecule has 26 heavy (non-hydrogen) atoms. The molecule has 1 aromatic carbocycles. The number of rotatable bonds is 8. The van der Waals surface area contributed by atoms with Gasteiger partial charge in [-0.05, 0) is 36.2 Å². The third-order valence-electron chi connectivity index (χ3n) is 3.97. The van der Waals surface area contributed by atoms with Gasteiger partial charge in [-0.25, -0.2) is 4.98 Å². The summed E-state index contributed by atoms with van der Waals surface area (Å²) in [5.41, 5.74) is 3.09. The smallest absolute Gasteiger partial charge is 0.220 e. The number of ether oxygens (including phenoxy) is 1. The molecule has 2 aromatic heterocycles. The van der Waals surface area contributed by atoms with Gasteiger partial charge in [-0.1, -0.05) is 12.1 Å². The Morgan fingerprint density at radius 3 is 2.77 bits per heavy atom. The highest BCUT2D eigenvalue weighted by Crippen LogP contribution is 2.21. The fourth-order valence-electron chi connectivity index (χ4n) is 2.52. The highest BCUT2D eigenvalue weighted by Gasteiger charge is 2.07. The molecule has 2 heterocycles. The normalized spacial score (nSPS) is 10.5. The highest BCUT2D eigenvalue weighted by atomic mass is 32.1. The molecule has 0 saturated heterocycles. The Hall–Kier alpha value is -2.73. The van der Waals surface area contributed by atoms with Gasteiger partial charge in [0.25, 0.3) is 0 Å². The summed E-state index contributed by atoms with van der Waals surface area (Å²) in [5.74, 6) is 0.892. The molecule has 3 rings (SSSR count). The molecule has 3 aromatic rings. The number of nitrogens with zero attached hydrogens (tertiary/aromatic N) is 2. The molecule has 6 heteroatoms. The van der Waals surface area contributed by atoms with Crippen molar-refractivity contribution < 1.29 is 9.53 Å². The molecule has 0 spiro atoms.